The topological polar surface area (TPSA) is 46.5 Å². The first kappa shape index (κ1) is 24.3. The van der Waals surface area contributed by atoms with Crippen LogP contribution in [0.5, 0.6) is 5.75 Å². The van der Waals surface area contributed by atoms with Crippen molar-refractivity contribution < 1.29 is 9.53 Å². The number of aromatic nitrogens is 1. The van der Waals surface area contributed by atoms with Crippen LogP contribution in [0.25, 0.3) is 10.9 Å². The van der Waals surface area contributed by atoms with Crippen LogP contribution < -0.4 is 10.1 Å². The lowest BCUT2D eigenvalue weighted by Gasteiger charge is -2.27. The van der Waals surface area contributed by atoms with Gasteiger partial charge in [0.15, 0.2) is 0 Å². The first-order valence-corrected chi connectivity index (χ1v) is 11.7. The maximum atomic E-state index is 12.4. The van der Waals surface area contributed by atoms with Gasteiger partial charge in [-0.2, -0.15) is 0 Å². The Hall–Kier alpha value is -2.01. The number of hydrogen-bond acceptors (Lipinski definition) is 3. The van der Waals surface area contributed by atoms with Gasteiger partial charge in [0, 0.05) is 31.2 Å². The second-order valence-electron chi connectivity index (χ2n) is 8.16. The highest BCUT2D eigenvalue weighted by Gasteiger charge is 2.22. The van der Waals surface area contributed by atoms with E-state index in [1.807, 2.05) is 25.1 Å². The van der Waals surface area contributed by atoms with Crippen LogP contribution in [-0.2, 0) is 6.54 Å². The van der Waals surface area contributed by atoms with Crippen molar-refractivity contribution in [3.05, 3.63) is 29.5 Å². The van der Waals surface area contributed by atoms with Crippen molar-refractivity contribution in [2.75, 3.05) is 33.8 Å². The predicted molar refractivity (Wildman–Crippen MR) is 127 cm³/mol. The van der Waals surface area contributed by atoms with Gasteiger partial charge in [0.1, 0.15) is 5.75 Å². The second-order valence-corrected chi connectivity index (χ2v) is 8.16. The van der Waals surface area contributed by atoms with E-state index in [1.54, 1.807) is 14.2 Å². The van der Waals surface area contributed by atoms with E-state index in [0.717, 1.165) is 41.0 Å². The summed E-state index contributed by atoms with van der Waals surface area (Å²) < 4.78 is 7.82. The Morgan fingerprint density at radius 1 is 1.07 bits per heavy atom. The smallest absolute Gasteiger partial charge is 0.253 e. The van der Waals surface area contributed by atoms with Crippen molar-refractivity contribution in [3.63, 3.8) is 0 Å². The van der Waals surface area contributed by atoms with Crippen molar-refractivity contribution in [1.29, 1.82) is 0 Å². The van der Waals surface area contributed by atoms with Crippen molar-refractivity contribution in [2.45, 2.75) is 72.3 Å². The highest BCUT2D eigenvalue weighted by Crippen LogP contribution is 2.32. The van der Waals surface area contributed by atoms with Crippen molar-refractivity contribution in [3.8, 4) is 5.75 Å². The Morgan fingerprint density at radius 3 is 2.30 bits per heavy atom. The molecule has 5 heteroatoms. The van der Waals surface area contributed by atoms with Crippen molar-refractivity contribution in [2.24, 2.45) is 0 Å². The largest absolute Gasteiger partial charge is 0.495 e. The summed E-state index contributed by atoms with van der Waals surface area (Å²) in [6.07, 6.45) is 9.46. The summed E-state index contributed by atoms with van der Waals surface area (Å²) in [5.74, 6) is 0.784. The van der Waals surface area contributed by atoms with Crippen molar-refractivity contribution in [1.82, 2.24) is 14.8 Å². The fraction of sp³-hybridized carbons (Fsp3) is 0.640. The zero-order valence-electron chi connectivity index (χ0n) is 19.7. The fourth-order valence-corrected chi connectivity index (χ4v) is 4.28. The minimum atomic E-state index is -0.0394. The number of unbranched alkanes of at least 4 members (excludes halogenated alkanes) is 3. The van der Waals surface area contributed by atoms with Gasteiger partial charge in [0.25, 0.3) is 5.91 Å². The molecule has 1 amide bonds. The van der Waals surface area contributed by atoms with E-state index >= 15 is 0 Å². The van der Waals surface area contributed by atoms with Gasteiger partial charge in [0.05, 0.1) is 18.2 Å². The van der Waals surface area contributed by atoms with Crippen LogP contribution in [0.1, 0.15) is 74.8 Å². The van der Waals surface area contributed by atoms with Crippen LogP contribution in [0.15, 0.2) is 18.2 Å². The number of hydrogen-bond donors (Lipinski definition) is 1. The first-order valence-electron chi connectivity index (χ1n) is 11.7. The van der Waals surface area contributed by atoms with Crippen LogP contribution in [0.3, 0.4) is 0 Å². The fourth-order valence-electron chi connectivity index (χ4n) is 4.28. The molecule has 1 N–H and O–H groups in total. The quantitative estimate of drug-likeness (QED) is 0.588. The van der Waals surface area contributed by atoms with Gasteiger partial charge in [-0.05, 0) is 38.9 Å². The zero-order valence-corrected chi connectivity index (χ0v) is 19.7. The Bertz CT molecular complexity index is 787. The highest BCUT2D eigenvalue weighted by atomic mass is 16.5. The molecule has 1 aliphatic rings. The third kappa shape index (κ3) is 6.00. The lowest BCUT2D eigenvalue weighted by Crippen LogP contribution is -2.32. The molecule has 0 radical (unpaired) electrons. The Kier molecular flexibility index (Phi) is 10.2. The lowest BCUT2D eigenvalue weighted by atomic mass is 10.1. The standard InChI is InChI=1S/C19H27N3O2.C6H14/c1-14-17(19(23)20-2)15-8-7-9-16(24-3)18(15)22(14)13-12-21-10-5-4-6-11-21;1-3-5-6-4-2/h7-9H,4-6,10-13H2,1-3H3,(H,20,23);3-6H2,1-2H3. The zero-order chi connectivity index (χ0) is 21.9. The minimum absolute atomic E-state index is 0.0394. The van der Waals surface area contributed by atoms with Gasteiger partial charge >= 0.3 is 0 Å². The van der Waals surface area contributed by atoms with Crippen LogP contribution in [-0.4, -0.2) is 49.2 Å². The van der Waals surface area contributed by atoms with Gasteiger partial charge in [-0.15, -0.1) is 0 Å². The van der Waals surface area contributed by atoms with E-state index in [2.05, 4.69) is 28.6 Å². The second kappa shape index (κ2) is 12.6. The molecular formula is C25H41N3O2. The number of rotatable bonds is 8. The average Bonchev–Trinajstić information content (AvgIpc) is 3.08. The number of nitrogens with zero attached hydrogens (tertiary/aromatic N) is 2. The van der Waals surface area contributed by atoms with Crippen LogP contribution in [0.2, 0.25) is 0 Å². The number of nitrogens with one attached hydrogen (secondary N) is 1. The predicted octanol–water partition coefficient (Wildman–Crippen LogP) is 5.39. The number of amides is 1. The van der Waals surface area contributed by atoms with E-state index in [9.17, 15) is 4.79 Å². The minimum Gasteiger partial charge on any atom is -0.495 e. The summed E-state index contributed by atoms with van der Waals surface area (Å²) >= 11 is 0. The lowest BCUT2D eigenvalue weighted by molar-refractivity contribution is 0.0964. The molecule has 0 spiro atoms. The molecule has 0 unspecified atom stereocenters. The molecule has 2 aromatic rings. The van der Waals surface area contributed by atoms with Crippen LogP contribution >= 0.6 is 0 Å². The molecule has 1 aromatic heterocycles. The Labute approximate surface area is 182 Å². The van der Waals surface area contributed by atoms with Gasteiger partial charge in [-0.25, -0.2) is 0 Å². The summed E-state index contributed by atoms with van der Waals surface area (Å²) in [5, 5.41) is 3.73. The normalized spacial score (nSPS) is 14.3. The Balaban J connectivity index is 0.000000469. The molecule has 0 bridgehead atoms. The summed E-state index contributed by atoms with van der Waals surface area (Å²) in [7, 11) is 3.37. The number of fused-ring (bicyclic) bond motifs is 1. The molecule has 0 saturated carbocycles. The monoisotopic (exact) mass is 415 g/mol. The summed E-state index contributed by atoms with van der Waals surface area (Å²) in [4.78, 5) is 14.9. The molecule has 1 aliphatic heterocycles. The third-order valence-corrected chi connectivity index (χ3v) is 6.02. The molecule has 3 rings (SSSR count). The summed E-state index contributed by atoms with van der Waals surface area (Å²) in [6, 6.07) is 5.92. The van der Waals surface area contributed by atoms with Crippen molar-refractivity contribution >= 4 is 16.8 Å². The molecule has 5 nitrogen and oxygen atoms in total. The van der Waals surface area contributed by atoms with Crippen LogP contribution in [0, 0.1) is 6.92 Å². The number of methoxy groups -OCH3 is 1. The molecule has 1 fully saturated rings. The molecular weight excluding hydrogens is 374 g/mol. The first-order chi connectivity index (χ1) is 14.6. The third-order valence-electron chi connectivity index (χ3n) is 6.02. The van der Waals surface area contributed by atoms with Gasteiger partial charge < -0.3 is 19.5 Å². The SMILES string of the molecule is CCCCCC.CNC(=O)c1c(C)n(CCN2CCCCC2)c2c(OC)cccc12. The summed E-state index contributed by atoms with van der Waals surface area (Å²) in [6.45, 7) is 10.7. The molecule has 1 aromatic carbocycles. The average molecular weight is 416 g/mol. The number of likely N-dealkylation sites (tertiary alicyclic amines) is 1. The van der Waals surface area contributed by atoms with Crippen LogP contribution in [0.4, 0.5) is 0 Å². The summed E-state index contributed by atoms with van der Waals surface area (Å²) in [5.41, 5.74) is 2.78. The van der Waals surface area contributed by atoms with E-state index in [-0.39, 0.29) is 5.91 Å². The van der Waals surface area contributed by atoms with Gasteiger partial charge in [0.2, 0.25) is 0 Å². The molecule has 30 heavy (non-hydrogen) atoms. The van der Waals surface area contributed by atoms with Gasteiger partial charge in [-0.3, -0.25) is 4.79 Å². The number of benzene rings is 1. The number of carbonyl (C=O) groups is 1. The Morgan fingerprint density at radius 2 is 1.73 bits per heavy atom. The molecule has 0 aliphatic carbocycles. The molecule has 1 saturated heterocycles. The number of ether oxygens (including phenoxy) is 1. The molecule has 168 valence electrons. The maximum Gasteiger partial charge on any atom is 0.253 e. The van der Waals surface area contributed by atoms with E-state index in [0.29, 0.717) is 0 Å². The maximum absolute atomic E-state index is 12.4. The van der Waals surface area contributed by atoms with E-state index in [1.165, 1.54) is 58.0 Å². The number of para-hydroxylation sites is 1. The molecule has 2 heterocycles. The highest BCUT2D eigenvalue weighted by molar-refractivity contribution is 6.09. The number of piperidine rings is 1. The van der Waals surface area contributed by atoms with E-state index < -0.39 is 0 Å². The molecule has 0 atom stereocenters. The van der Waals surface area contributed by atoms with Gasteiger partial charge in [-0.1, -0.05) is 58.1 Å². The van der Waals surface area contributed by atoms with E-state index in [4.69, 9.17) is 4.74 Å². The number of carbonyl (C=O) groups excluding carboxylic acids is 1.